The van der Waals surface area contributed by atoms with E-state index in [2.05, 4.69) is 4.74 Å². The van der Waals surface area contributed by atoms with Crippen molar-refractivity contribution in [3.05, 3.63) is 27.7 Å². The quantitative estimate of drug-likeness (QED) is 0.662. The van der Waals surface area contributed by atoms with Gasteiger partial charge in [-0.25, -0.2) is 0 Å². The summed E-state index contributed by atoms with van der Waals surface area (Å²) in [7, 11) is 0. The van der Waals surface area contributed by atoms with Gasteiger partial charge in [0.2, 0.25) is 5.56 Å². The first-order valence-electron chi connectivity index (χ1n) is 3.90. The maximum absolute atomic E-state index is 12.0. The number of rotatable bonds is 3. The van der Waals surface area contributed by atoms with E-state index in [1.807, 2.05) is 4.98 Å². The molecular formula is C8H5ClF3NO3. The molecule has 1 aromatic heterocycles. The molecule has 0 unspecified atom stereocenters. The molecule has 0 aliphatic rings. The second-order valence-electron chi connectivity index (χ2n) is 2.70. The van der Waals surface area contributed by atoms with Crippen LogP contribution in [0.3, 0.4) is 0 Å². The lowest BCUT2D eigenvalue weighted by Crippen LogP contribution is -2.21. The lowest BCUT2D eigenvalue weighted by atomic mass is 10.2. The van der Waals surface area contributed by atoms with Gasteiger partial charge in [-0.3, -0.25) is 9.59 Å². The Bertz CT molecular complexity index is 455. The minimum atomic E-state index is -4.96. The average molecular weight is 256 g/mol. The topological polar surface area (TPSA) is 59.2 Å². The second-order valence-corrected chi connectivity index (χ2v) is 2.97. The first kappa shape index (κ1) is 12.6. The Morgan fingerprint density at radius 1 is 1.50 bits per heavy atom. The van der Waals surface area contributed by atoms with Crippen LogP contribution in [0.1, 0.15) is 16.1 Å². The van der Waals surface area contributed by atoms with Crippen LogP contribution in [0.15, 0.2) is 10.9 Å². The zero-order chi connectivity index (χ0) is 12.3. The molecule has 1 heterocycles. The van der Waals surface area contributed by atoms with Crippen LogP contribution >= 0.6 is 11.6 Å². The summed E-state index contributed by atoms with van der Waals surface area (Å²) in [5.41, 5.74) is -1.53. The number of alkyl halides is 4. The van der Waals surface area contributed by atoms with Crippen molar-refractivity contribution in [3.8, 4) is 5.75 Å². The smallest absolute Gasteiger partial charge is 0.403 e. The molecule has 0 saturated carbocycles. The highest BCUT2D eigenvalue weighted by atomic mass is 35.5. The standard InChI is InChI=1S/C8H5ClF3NO3/c9-2-4-1-6(15)13-5(3-14)7(4)16-8(10,11)12/h1,3H,2H2,(H,13,15). The van der Waals surface area contributed by atoms with Crippen molar-refractivity contribution in [2.45, 2.75) is 12.2 Å². The first-order valence-corrected chi connectivity index (χ1v) is 4.44. The highest BCUT2D eigenvalue weighted by Crippen LogP contribution is 2.28. The number of aromatic nitrogens is 1. The molecule has 0 aromatic carbocycles. The minimum absolute atomic E-state index is 0.0541. The van der Waals surface area contributed by atoms with Crippen LogP contribution in [0.2, 0.25) is 0 Å². The molecule has 0 spiro atoms. The third-order valence-corrected chi connectivity index (χ3v) is 1.87. The fourth-order valence-corrected chi connectivity index (χ4v) is 1.24. The van der Waals surface area contributed by atoms with Gasteiger partial charge >= 0.3 is 6.36 Å². The van der Waals surface area contributed by atoms with Gasteiger partial charge in [0.1, 0.15) is 5.69 Å². The second kappa shape index (κ2) is 4.56. The van der Waals surface area contributed by atoms with E-state index in [0.717, 1.165) is 6.07 Å². The van der Waals surface area contributed by atoms with Gasteiger partial charge in [0.05, 0.1) is 5.88 Å². The number of nitrogens with one attached hydrogen (secondary N) is 1. The number of hydrogen-bond acceptors (Lipinski definition) is 3. The van der Waals surface area contributed by atoms with Gasteiger partial charge in [-0.05, 0) is 0 Å². The number of aromatic amines is 1. The molecule has 0 radical (unpaired) electrons. The Labute approximate surface area is 92.0 Å². The molecule has 1 N–H and O–H groups in total. The van der Waals surface area contributed by atoms with Gasteiger partial charge in [-0.15, -0.1) is 24.8 Å². The van der Waals surface area contributed by atoms with E-state index in [1.165, 1.54) is 0 Å². The van der Waals surface area contributed by atoms with Gasteiger partial charge < -0.3 is 9.72 Å². The largest absolute Gasteiger partial charge is 0.573 e. The van der Waals surface area contributed by atoms with Crippen LogP contribution in [-0.4, -0.2) is 17.6 Å². The SMILES string of the molecule is O=Cc1[nH]c(=O)cc(CCl)c1OC(F)(F)F. The Morgan fingerprint density at radius 2 is 2.12 bits per heavy atom. The number of H-pyrrole nitrogens is 1. The Hall–Kier alpha value is -1.50. The lowest BCUT2D eigenvalue weighted by Gasteiger charge is -2.13. The molecule has 0 aliphatic carbocycles. The van der Waals surface area contributed by atoms with Crippen molar-refractivity contribution >= 4 is 17.9 Å². The van der Waals surface area contributed by atoms with Crippen molar-refractivity contribution in [1.82, 2.24) is 4.98 Å². The number of carbonyl (C=O) groups is 1. The van der Waals surface area contributed by atoms with Crippen molar-refractivity contribution in [3.63, 3.8) is 0 Å². The maximum atomic E-state index is 12.0. The number of halogens is 4. The highest BCUT2D eigenvalue weighted by molar-refractivity contribution is 6.17. The monoisotopic (exact) mass is 255 g/mol. The van der Waals surface area contributed by atoms with Crippen LogP contribution in [0.25, 0.3) is 0 Å². The Morgan fingerprint density at radius 3 is 2.56 bits per heavy atom. The molecule has 16 heavy (non-hydrogen) atoms. The van der Waals surface area contributed by atoms with Crippen molar-refractivity contribution < 1.29 is 22.7 Å². The Kier molecular flexibility index (Phi) is 3.58. The van der Waals surface area contributed by atoms with E-state index in [-0.39, 0.29) is 17.7 Å². The number of hydrogen-bond donors (Lipinski definition) is 1. The zero-order valence-corrected chi connectivity index (χ0v) is 8.35. The first-order chi connectivity index (χ1) is 7.37. The molecule has 88 valence electrons. The fraction of sp³-hybridized carbons (Fsp3) is 0.250. The minimum Gasteiger partial charge on any atom is -0.403 e. The highest BCUT2D eigenvalue weighted by Gasteiger charge is 2.33. The summed E-state index contributed by atoms with van der Waals surface area (Å²) in [6, 6.07) is 0.834. The molecule has 0 bridgehead atoms. The molecule has 0 atom stereocenters. The number of aldehydes is 1. The van der Waals surface area contributed by atoms with Gasteiger partial charge in [-0.2, -0.15) is 0 Å². The van der Waals surface area contributed by atoms with E-state index in [0.29, 0.717) is 0 Å². The van der Waals surface area contributed by atoms with Crippen LogP contribution in [0.4, 0.5) is 13.2 Å². The number of carbonyl (C=O) groups excluding carboxylic acids is 1. The molecule has 0 saturated heterocycles. The van der Waals surface area contributed by atoms with E-state index < -0.39 is 23.4 Å². The fourth-order valence-electron chi connectivity index (χ4n) is 1.04. The summed E-state index contributed by atoms with van der Waals surface area (Å²) in [6.07, 6.45) is -4.91. The van der Waals surface area contributed by atoms with Crippen LogP contribution in [0, 0.1) is 0 Å². The van der Waals surface area contributed by atoms with Crippen LogP contribution in [-0.2, 0) is 5.88 Å². The van der Waals surface area contributed by atoms with Gasteiger partial charge in [0.25, 0.3) is 0 Å². The summed E-state index contributed by atoms with van der Waals surface area (Å²) >= 11 is 5.35. The molecule has 0 fully saturated rings. The summed E-state index contributed by atoms with van der Waals surface area (Å²) in [4.78, 5) is 23.3. The number of ether oxygens (including phenoxy) is 1. The van der Waals surface area contributed by atoms with Gasteiger partial charge in [0.15, 0.2) is 12.0 Å². The molecule has 1 rings (SSSR count). The molecule has 1 aromatic rings. The summed E-state index contributed by atoms with van der Waals surface area (Å²) < 4.78 is 39.6. The third-order valence-electron chi connectivity index (χ3n) is 1.58. The predicted octanol–water partition coefficient (Wildman–Crippen LogP) is 1.82. The molecule has 0 aliphatic heterocycles. The molecular weight excluding hydrogens is 251 g/mol. The van der Waals surface area contributed by atoms with E-state index in [4.69, 9.17) is 11.6 Å². The summed E-state index contributed by atoms with van der Waals surface area (Å²) in [6.45, 7) is 0. The van der Waals surface area contributed by atoms with Crippen molar-refractivity contribution in [2.24, 2.45) is 0 Å². The predicted molar refractivity (Wildman–Crippen MR) is 48.7 cm³/mol. The zero-order valence-electron chi connectivity index (χ0n) is 7.60. The average Bonchev–Trinajstić information content (AvgIpc) is 2.18. The van der Waals surface area contributed by atoms with Crippen LogP contribution < -0.4 is 10.3 Å². The van der Waals surface area contributed by atoms with E-state index in [1.54, 1.807) is 0 Å². The molecule has 4 nitrogen and oxygen atoms in total. The van der Waals surface area contributed by atoms with Crippen molar-refractivity contribution in [2.75, 3.05) is 0 Å². The number of pyridine rings is 1. The normalized spacial score (nSPS) is 11.2. The maximum Gasteiger partial charge on any atom is 0.573 e. The third kappa shape index (κ3) is 2.99. The summed E-state index contributed by atoms with van der Waals surface area (Å²) in [5, 5.41) is 0. The Balaban J connectivity index is 3.33. The molecule has 0 amide bonds. The lowest BCUT2D eigenvalue weighted by molar-refractivity contribution is -0.275. The van der Waals surface area contributed by atoms with E-state index in [9.17, 15) is 22.8 Å². The van der Waals surface area contributed by atoms with Gasteiger partial charge in [0, 0.05) is 11.6 Å². The van der Waals surface area contributed by atoms with Gasteiger partial charge in [-0.1, -0.05) is 0 Å². The summed E-state index contributed by atoms with van der Waals surface area (Å²) in [5.74, 6) is -1.16. The van der Waals surface area contributed by atoms with Crippen LogP contribution in [0.5, 0.6) is 5.75 Å². The van der Waals surface area contributed by atoms with Crippen molar-refractivity contribution in [1.29, 1.82) is 0 Å². The van der Waals surface area contributed by atoms with E-state index >= 15 is 0 Å². The molecule has 8 heteroatoms.